The van der Waals surface area contributed by atoms with Gasteiger partial charge < -0.3 is 9.80 Å². The summed E-state index contributed by atoms with van der Waals surface area (Å²) in [6, 6.07) is 109. The number of nitrogens with zero attached hydrogens (tertiary/aromatic N) is 2. The normalized spacial score (nSPS) is 14.9. The molecule has 74 heavy (non-hydrogen) atoms. The Morgan fingerprint density at radius 3 is 1.26 bits per heavy atom. The highest BCUT2D eigenvalue weighted by atomic mass is 15.2. The molecule has 12 aromatic carbocycles. The molecule has 15 rings (SSSR count). The van der Waals surface area contributed by atoms with Crippen LogP contribution in [0.5, 0.6) is 0 Å². The largest absolute Gasteiger partial charge is 0.310 e. The molecule has 2 nitrogen and oxygen atoms in total. The lowest BCUT2D eigenvalue weighted by Gasteiger charge is -2.38. The number of rotatable bonds is 8. The van der Waals surface area contributed by atoms with Crippen LogP contribution in [-0.4, -0.2) is 0 Å². The lowest BCUT2D eigenvalue weighted by molar-refractivity contribution is 0.768. The predicted molar refractivity (Wildman–Crippen MR) is 307 cm³/mol. The SMILES string of the molecule is c1ccc(N(c2ccccc2)c2cc3ccccc3c3c2C2(c4ccccc4-c4c(N(c5ccccc5)c5cccc6c5C(c5ccccc5)(c5ccccc5)c5ccccc5-6)cccc42)c2ccccc2-3)cc1. The summed E-state index contributed by atoms with van der Waals surface area (Å²) in [6.07, 6.45) is 0. The number of fused-ring (bicyclic) bond motifs is 15. The molecule has 0 aromatic heterocycles. The third-order valence-corrected chi connectivity index (χ3v) is 16.3. The van der Waals surface area contributed by atoms with Crippen LogP contribution in [-0.2, 0) is 10.8 Å². The summed E-state index contributed by atoms with van der Waals surface area (Å²) in [4.78, 5) is 5.08. The Morgan fingerprint density at radius 1 is 0.243 bits per heavy atom. The summed E-state index contributed by atoms with van der Waals surface area (Å²) < 4.78 is 0. The summed E-state index contributed by atoms with van der Waals surface area (Å²) in [5.74, 6) is 0. The molecule has 3 aliphatic rings. The number of hydrogen-bond acceptors (Lipinski definition) is 2. The second-order valence-corrected chi connectivity index (χ2v) is 19.8. The molecule has 2 heteroatoms. The molecule has 1 unspecified atom stereocenters. The van der Waals surface area contributed by atoms with E-state index in [1.807, 2.05) is 0 Å². The van der Waals surface area contributed by atoms with Gasteiger partial charge in [0.05, 0.1) is 27.9 Å². The second kappa shape index (κ2) is 16.5. The van der Waals surface area contributed by atoms with Crippen LogP contribution in [0, 0.1) is 0 Å². The van der Waals surface area contributed by atoms with Gasteiger partial charge in [-0.3, -0.25) is 0 Å². The van der Waals surface area contributed by atoms with Gasteiger partial charge in [0.1, 0.15) is 0 Å². The number of para-hydroxylation sites is 3. The van der Waals surface area contributed by atoms with Gasteiger partial charge in [-0.15, -0.1) is 0 Å². The molecule has 0 radical (unpaired) electrons. The first kappa shape index (κ1) is 42.2. The molecule has 0 fully saturated rings. The minimum atomic E-state index is -0.704. The molecule has 0 saturated carbocycles. The van der Waals surface area contributed by atoms with Gasteiger partial charge in [-0.1, -0.05) is 237 Å². The Kier molecular flexibility index (Phi) is 9.43. The molecule has 12 aromatic rings. The second-order valence-electron chi connectivity index (χ2n) is 19.8. The van der Waals surface area contributed by atoms with Crippen molar-refractivity contribution in [1.29, 1.82) is 0 Å². The third-order valence-electron chi connectivity index (χ3n) is 16.3. The molecular formula is C72H48N2. The van der Waals surface area contributed by atoms with E-state index in [0.29, 0.717) is 0 Å². The van der Waals surface area contributed by atoms with E-state index >= 15 is 0 Å². The lowest BCUT2D eigenvalue weighted by atomic mass is 9.67. The van der Waals surface area contributed by atoms with Gasteiger partial charge in [0.25, 0.3) is 0 Å². The topological polar surface area (TPSA) is 6.48 Å². The van der Waals surface area contributed by atoms with Crippen molar-refractivity contribution in [1.82, 2.24) is 0 Å². The first-order valence-corrected chi connectivity index (χ1v) is 25.8. The van der Waals surface area contributed by atoms with Crippen LogP contribution in [0.1, 0.15) is 44.5 Å². The quantitative estimate of drug-likeness (QED) is 0.150. The highest BCUT2D eigenvalue weighted by Gasteiger charge is 2.55. The predicted octanol–water partition coefficient (Wildman–Crippen LogP) is 18.5. The molecule has 0 saturated heterocycles. The van der Waals surface area contributed by atoms with E-state index in [1.165, 1.54) is 88.7 Å². The van der Waals surface area contributed by atoms with Crippen molar-refractivity contribution in [2.24, 2.45) is 0 Å². The van der Waals surface area contributed by atoms with Crippen molar-refractivity contribution in [2.75, 3.05) is 9.80 Å². The number of hydrogen-bond donors (Lipinski definition) is 0. The van der Waals surface area contributed by atoms with E-state index < -0.39 is 10.8 Å². The zero-order valence-electron chi connectivity index (χ0n) is 40.6. The highest BCUT2D eigenvalue weighted by Crippen LogP contribution is 2.69. The molecule has 0 aliphatic heterocycles. The van der Waals surface area contributed by atoms with Crippen LogP contribution in [0.3, 0.4) is 0 Å². The summed E-state index contributed by atoms with van der Waals surface area (Å²) in [7, 11) is 0. The van der Waals surface area contributed by atoms with Gasteiger partial charge in [-0.05, 0) is 127 Å². The maximum Gasteiger partial charge on any atom is 0.0747 e. The van der Waals surface area contributed by atoms with Crippen molar-refractivity contribution < 1.29 is 0 Å². The van der Waals surface area contributed by atoms with Gasteiger partial charge >= 0.3 is 0 Å². The molecule has 3 aliphatic carbocycles. The molecule has 1 spiro atoms. The fourth-order valence-corrected chi connectivity index (χ4v) is 13.6. The van der Waals surface area contributed by atoms with E-state index in [4.69, 9.17) is 0 Å². The molecule has 1 atom stereocenters. The number of benzene rings is 12. The van der Waals surface area contributed by atoms with Crippen LogP contribution in [0.25, 0.3) is 44.2 Å². The van der Waals surface area contributed by atoms with Gasteiger partial charge in [0.2, 0.25) is 0 Å². The maximum atomic E-state index is 2.59. The first-order valence-electron chi connectivity index (χ1n) is 25.8. The van der Waals surface area contributed by atoms with Crippen LogP contribution in [0.15, 0.2) is 291 Å². The molecule has 346 valence electrons. The zero-order chi connectivity index (χ0) is 48.8. The third kappa shape index (κ3) is 5.76. The van der Waals surface area contributed by atoms with Crippen LogP contribution < -0.4 is 9.80 Å². The number of anilines is 6. The minimum Gasteiger partial charge on any atom is -0.310 e. The minimum absolute atomic E-state index is 0.632. The Hall–Kier alpha value is -9.50. The Bertz CT molecular complexity index is 4050. The highest BCUT2D eigenvalue weighted by molar-refractivity contribution is 6.12. The average Bonchev–Trinajstić information content (AvgIpc) is 4.18. The summed E-state index contributed by atoms with van der Waals surface area (Å²) >= 11 is 0. The van der Waals surface area contributed by atoms with Crippen molar-refractivity contribution in [2.45, 2.75) is 10.8 Å². The van der Waals surface area contributed by atoms with E-state index in [9.17, 15) is 0 Å². The van der Waals surface area contributed by atoms with Gasteiger partial charge in [-0.2, -0.15) is 0 Å². The van der Waals surface area contributed by atoms with Crippen LogP contribution in [0.4, 0.5) is 34.1 Å². The average molecular weight is 941 g/mol. The van der Waals surface area contributed by atoms with Crippen LogP contribution in [0.2, 0.25) is 0 Å². The molecule has 0 amide bonds. The molecule has 0 bridgehead atoms. The molecule has 0 N–H and O–H groups in total. The summed E-state index contributed by atoms with van der Waals surface area (Å²) in [5, 5.41) is 2.46. The van der Waals surface area contributed by atoms with E-state index in [1.54, 1.807) is 0 Å². The van der Waals surface area contributed by atoms with Crippen LogP contribution >= 0.6 is 0 Å². The smallest absolute Gasteiger partial charge is 0.0747 e. The summed E-state index contributed by atoms with van der Waals surface area (Å²) in [6.45, 7) is 0. The lowest BCUT2D eigenvalue weighted by Crippen LogP contribution is -2.30. The first-order chi connectivity index (χ1) is 36.8. The Labute approximate surface area is 432 Å². The maximum absolute atomic E-state index is 2.59. The summed E-state index contributed by atoms with van der Waals surface area (Å²) in [5.41, 5.74) is 23.1. The fourth-order valence-electron chi connectivity index (χ4n) is 13.6. The van der Waals surface area contributed by atoms with Crippen molar-refractivity contribution in [3.63, 3.8) is 0 Å². The monoisotopic (exact) mass is 940 g/mol. The Morgan fingerprint density at radius 2 is 0.662 bits per heavy atom. The van der Waals surface area contributed by atoms with Crippen molar-refractivity contribution >= 4 is 44.9 Å². The van der Waals surface area contributed by atoms with E-state index in [-0.39, 0.29) is 0 Å². The van der Waals surface area contributed by atoms with Gasteiger partial charge in [-0.25, -0.2) is 0 Å². The Balaban J connectivity index is 1.08. The van der Waals surface area contributed by atoms with Crippen molar-refractivity contribution in [3.05, 3.63) is 336 Å². The molecule has 0 heterocycles. The zero-order valence-corrected chi connectivity index (χ0v) is 40.6. The van der Waals surface area contributed by atoms with Gasteiger partial charge in [0.15, 0.2) is 0 Å². The van der Waals surface area contributed by atoms with E-state index in [2.05, 4.69) is 301 Å². The molecular weight excluding hydrogens is 893 g/mol. The fraction of sp³-hybridized carbons (Fsp3) is 0.0278. The van der Waals surface area contributed by atoms with Gasteiger partial charge in [0, 0.05) is 33.8 Å². The van der Waals surface area contributed by atoms with E-state index in [0.717, 1.165) is 34.1 Å². The van der Waals surface area contributed by atoms with Crippen molar-refractivity contribution in [3.8, 4) is 33.4 Å². The standard InChI is InChI=1S/C72H48N2/c1-6-27-50(28-7-1)71(51-29-8-2-9-30-51)60-42-21-18-38-56(60)57-41-24-47-65(69(57)71)74(54-35-14-5-15-36-54)64-46-25-45-63-68(64)59-40-20-23-44-62(59)72(63)61-43-22-19-39-58(61)67-55-37-17-16-26-49(55)48-66(70(67)72)73(52-31-10-3-11-32-52)53-33-12-4-13-34-53/h1-48H.